The minimum Gasteiger partial charge on any atom is -0.481 e. The maximum atomic E-state index is 11.0. The fourth-order valence-corrected chi connectivity index (χ4v) is 2.80. The van der Waals surface area contributed by atoms with Crippen molar-refractivity contribution < 1.29 is 9.90 Å². The van der Waals surface area contributed by atoms with Gasteiger partial charge in [-0.25, -0.2) is 0 Å². The molecule has 2 atom stereocenters. The molecule has 0 fully saturated rings. The van der Waals surface area contributed by atoms with Gasteiger partial charge in [-0.15, -0.1) is 0 Å². The first-order valence-corrected chi connectivity index (χ1v) is 5.62. The Morgan fingerprint density at radius 3 is 2.88 bits per heavy atom. The number of aliphatic carboxylic acids is 1. The zero-order chi connectivity index (χ0) is 11.8. The first kappa shape index (κ1) is 11.1. The van der Waals surface area contributed by atoms with Gasteiger partial charge in [-0.2, -0.15) is 0 Å². The normalized spacial score (nSPS) is 25.1. The predicted molar refractivity (Wildman–Crippen MR) is 62.3 cm³/mol. The van der Waals surface area contributed by atoms with Gasteiger partial charge in [-0.3, -0.25) is 4.79 Å². The summed E-state index contributed by atoms with van der Waals surface area (Å²) in [5.41, 5.74) is 8.04. The molecule has 0 radical (unpaired) electrons. The van der Waals surface area contributed by atoms with Crippen LogP contribution in [0.4, 0.5) is 0 Å². The van der Waals surface area contributed by atoms with Crippen molar-refractivity contribution in [3.63, 3.8) is 0 Å². The van der Waals surface area contributed by atoms with Crippen LogP contribution in [0.5, 0.6) is 0 Å². The molecular formula is C13H17NO2. The van der Waals surface area contributed by atoms with Gasteiger partial charge in [0.1, 0.15) is 0 Å². The highest BCUT2D eigenvalue weighted by Gasteiger charge is 2.43. The molecule has 86 valence electrons. The molecule has 1 aromatic rings. The van der Waals surface area contributed by atoms with Crippen LogP contribution in [-0.4, -0.2) is 17.1 Å². The van der Waals surface area contributed by atoms with Crippen molar-refractivity contribution in [2.75, 3.05) is 0 Å². The Kier molecular flexibility index (Phi) is 2.72. The van der Waals surface area contributed by atoms with E-state index in [-0.39, 0.29) is 17.9 Å². The Morgan fingerprint density at radius 1 is 1.56 bits per heavy atom. The van der Waals surface area contributed by atoms with Crippen molar-refractivity contribution in [3.05, 3.63) is 35.4 Å². The molecule has 16 heavy (non-hydrogen) atoms. The Morgan fingerprint density at radius 2 is 2.25 bits per heavy atom. The van der Waals surface area contributed by atoms with Crippen LogP contribution in [-0.2, 0) is 16.6 Å². The number of hydrogen-bond donors (Lipinski definition) is 2. The second-order valence-electron chi connectivity index (χ2n) is 4.67. The highest BCUT2D eigenvalue weighted by molar-refractivity contribution is 5.70. The number of nitrogens with two attached hydrogens (primary N) is 1. The minimum atomic E-state index is -0.769. The lowest BCUT2D eigenvalue weighted by molar-refractivity contribution is -0.138. The van der Waals surface area contributed by atoms with Gasteiger partial charge in [0, 0.05) is 11.5 Å². The highest BCUT2D eigenvalue weighted by atomic mass is 16.4. The monoisotopic (exact) mass is 219 g/mol. The average Bonchev–Trinajstić information content (AvgIpc) is 2.58. The summed E-state index contributed by atoms with van der Waals surface area (Å²) in [6.45, 7) is 1.91. The van der Waals surface area contributed by atoms with Gasteiger partial charge in [-0.1, -0.05) is 24.3 Å². The number of fused-ring (bicyclic) bond motifs is 1. The third kappa shape index (κ3) is 1.61. The molecule has 0 saturated heterocycles. The maximum absolute atomic E-state index is 11.0. The second kappa shape index (κ2) is 3.91. The van der Waals surface area contributed by atoms with Gasteiger partial charge in [0.2, 0.25) is 0 Å². The number of benzene rings is 1. The van der Waals surface area contributed by atoms with E-state index in [1.807, 2.05) is 25.1 Å². The maximum Gasteiger partial charge on any atom is 0.304 e. The molecule has 3 heteroatoms. The second-order valence-corrected chi connectivity index (χ2v) is 4.67. The van der Waals surface area contributed by atoms with E-state index in [1.165, 1.54) is 5.56 Å². The Hall–Kier alpha value is -1.35. The van der Waals surface area contributed by atoms with Crippen LogP contribution in [0.1, 0.15) is 30.9 Å². The van der Waals surface area contributed by atoms with Gasteiger partial charge in [0.15, 0.2) is 0 Å². The summed E-state index contributed by atoms with van der Waals surface area (Å²) in [4.78, 5) is 11.0. The molecule has 0 saturated carbocycles. The van der Waals surface area contributed by atoms with E-state index in [1.54, 1.807) is 0 Å². The van der Waals surface area contributed by atoms with Crippen LogP contribution in [0.15, 0.2) is 24.3 Å². The van der Waals surface area contributed by atoms with Crippen LogP contribution in [0, 0.1) is 0 Å². The molecule has 0 spiro atoms. The number of carbonyl (C=O) groups is 1. The third-order valence-corrected chi connectivity index (χ3v) is 3.73. The number of carboxylic acids is 1. The van der Waals surface area contributed by atoms with Gasteiger partial charge < -0.3 is 10.8 Å². The number of hydrogen-bond acceptors (Lipinski definition) is 2. The fourth-order valence-electron chi connectivity index (χ4n) is 2.80. The molecule has 3 nitrogen and oxygen atoms in total. The van der Waals surface area contributed by atoms with E-state index >= 15 is 0 Å². The van der Waals surface area contributed by atoms with Crippen LogP contribution in [0.25, 0.3) is 0 Å². The lowest BCUT2D eigenvalue weighted by Gasteiger charge is -2.33. The highest BCUT2D eigenvalue weighted by Crippen LogP contribution is 2.43. The lowest BCUT2D eigenvalue weighted by Crippen LogP contribution is -2.43. The SMILES string of the molecule is CC(N)C1(CC(=O)O)CCc2ccccc21. The van der Waals surface area contributed by atoms with Gasteiger partial charge in [-0.05, 0) is 30.9 Å². The van der Waals surface area contributed by atoms with E-state index in [9.17, 15) is 4.79 Å². The molecule has 0 aliphatic heterocycles. The topological polar surface area (TPSA) is 63.3 Å². The van der Waals surface area contributed by atoms with Gasteiger partial charge >= 0.3 is 5.97 Å². The summed E-state index contributed by atoms with van der Waals surface area (Å²) >= 11 is 0. The van der Waals surface area contributed by atoms with E-state index in [0.717, 1.165) is 18.4 Å². The Balaban J connectivity index is 2.47. The zero-order valence-electron chi connectivity index (χ0n) is 9.44. The Bertz CT molecular complexity index is 414. The van der Waals surface area contributed by atoms with Crippen molar-refractivity contribution >= 4 is 5.97 Å². The quantitative estimate of drug-likeness (QED) is 0.813. The van der Waals surface area contributed by atoms with Crippen LogP contribution < -0.4 is 5.73 Å². The minimum absolute atomic E-state index is 0.127. The summed E-state index contributed by atoms with van der Waals surface area (Å²) in [5, 5.41) is 9.06. The number of carboxylic acid groups (broad SMARTS) is 1. The summed E-state index contributed by atoms with van der Waals surface area (Å²) in [7, 11) is 0. The Labute approximate surface area is 95.3 Å². The molecule has 2 unspecified atom stereocenters. The van der Waals surface area contributed by atoms with E-state index in [0.29, 0.717) is 0 Å². The summed E-state index contributed by atoms with van der Waals surface area (Å²) < 4.78 is 0. The standard InChI is InChI=1S/C13H17NO2/c1-9(14)13(8-12(15)16)7-6-10-4-2-3-5-11(10)13/h2-5,9H,6-8,14H2,1H3,(H,15,16). The molecule has 1 aromatic carbocycles. The molecule has 3 N–H and O–H groups in total. The molecule has 0 heterocycles. The lowest BCUT2D eigenvalue weighted by atomic mass is 9.73. The molecular weight excluding hydrogens is 202 g/mol. The smallest absolute Gasteiger partial charge is 0.304 e. The van der Waals surface area contributed by atoms with Gasteiger partial charge in [0.05, 0.1) is 6.42 Å². The van der Waals surface area contributed by atoms with Crippen molar-refractivity contribution in [2.45, 2.75) is 37.6 Å². The van der Waals surface area contributed by atoms with Crippen LogP contribution in [0.3, 0.4) is 0 Å². The predicted octanol–water partition coefficient (Wildman–Crippen LogP) is 1.69. The van der Waals surface area contributed by atoms with Crippen LogP contribution in [0.2, 0.25) is 0 Å². The molecule has 0 aromatic heterocycles. The molecule has 0 bridgehead atoms. The average molecular weight is 219 g/mol. The van der Waals surface area contributed by atoms with E-state index < -0.39 is 5.97 Å². The first-order chi connectivity index (χ1) is 7.56. The first-order valence-electron chi connectivity index (χ1n) is 5.62. The largest absolute Gasteiger partial charge is 0.481 e. The molecule has 2 rings (SSSR count). The summed E-state index contributed by atoms with van der Waals surface area (Å²) in [5.74, 6) is -0.769. The van der Waals surface area contributed by atoms with Crippen molar-refractivity contribution in [3.8, 4) is 0 Å². The number of aryl methyl sites for hydroxylation is 1. The molecule has 0 amide bonds. The van der Waals surface area contributed by atoms with Crippen molar-refractivity contribution in [1.82, 2.24) is 0 Å². The van der Waals surface area contributed by atoms with E-state index in [2.05, 4.69) is 6.07 Å². The van der Waals surface area contributed by atoms with Gasteiger partial charge in [0.25, 0.3) is 0 Å². The molecule has 1 aliphatic rings. The van der Waals surface area contributed by atoms with E-state index in [4.69, 9.17) is 10.8 Å². The number of rotatable bonds is 3. The van der Waals surface area contributed by atoms with Crippen LogP contribution >= 0.6 is 0 Å². The zero-order valence-corrected chi connectivity index (χ0v) is 9.44. The van der Waals surface area contributed by atoms with Crippen molar-refractivity contribution in [1.29, 1.82) is 0 Å². The summed E-state index contributed by atoms with van der Waals surface area (Å²) in [6.07, 6.45) is 1.91. The molecule has 1 aliphatic carbocycles. The fraction of sp³-hybridized carbons (Fsp3) is 0.462. The summed E-state index contributed by atoms with van der Waals surface area (Å²) in [6, 6.07) is 7.92. The third-order valence-electron chi connectivity index (χ3n) is 3.73. The van der Waals surface area contributed by atoms with Crippen molar-refractivity contribution in [2.24, 2.45) is 5.73 Å².